The van der Waals surface area contributed by atoms with Crippen LogP contribution in [0.4, 0.5) is 5.82 Å². The van der Waals surface area contributed by atoms with Gasteiger partial charge in [-0.15, -0.1) is 0 Å². The number of hydrogen-bond donors (Lipinski definition) is 2. The smallest absolute Gasteiger partial charge is 0.342 e. The average molecular weight is 348 g/mol. The highest BCUT2D eigenvalue weighted by Gasteiger charge is 2.16. The Kier molecular flexibility index (Phi) is 5.79. The van der Waals surface area contributed by atoms with E-state index >= 15 is 0 Å². The molecule has 0 bridgehead atoms. The summed E-state index contributed by atoms with van der Waals surface area (Å²) in [5.74, 6) is 1.17. The summed E-state index contributed by atoms with van der Waals surface area (Å²) in [4.78, 5) is 14.4. The summed E-state index contributed by atoms with van der Waals surface area (Å²) in [6, 6.07) is 7.17. The standard InChI is InChI=1S/C14H16N6O3S/c1-10-16-9-13(20(21)22)19(10)6-7-23-12-4-2-11(3-5-12)8-17-18-14(15)24/h2-5,8-9H,6-7H2,1H3,(H3,15,18,24)/b17-8-. The van der Waals surface area contributed by atoms with Gasteiger partial charge in [0.2, 0.25) is 0 Å². The van der Waals surface area contributed by atoms with Gasteiger partial charge < -0.3 is 20.6 Å². The first kappa shape index (κ1) is 17.3. The Labute approximate surface area is 143 Å². The third-order valence-electron chi connectivity index (χ3n) is 3.07. The third kappa shape index (κ3) is 4.74. The summed E-state index contributed by atoms with van der Waals surface area (Å²) in [7, 11) is 0. The molecule has 2 aromatic rings. The Morgan fingerprint density at radius 1 is 1.54 bits per heavy atom. The zero-order valence-corrected chi connectivity index (χ0v) is 13.7. The van der Waals surface area contributed by atoms with Crippen molar-refractivity contribution in [2.75, 3.05) is 6.61 Å². The summed E-state index contributed by atoms with van der Waals surface area (Å²) < 4.78 is 7.10. The number of hydrogen-bond acceptors (Lipinski definition) is 6. The first-order valence-corrected chi connectivity index (χ1v) is 7.36. The van der Waals surface area contributed by atoms with Crippen LogP contribution in [0.15, 0.2) is 35.6 Å². The van der Waals surface area contributed by atoms with Crippen LogP contribution in [0.1, 0.15) is 11.4 Å². The molecule has 0 aliphatic rings. The van der Waals surface area contributed by atoms with Crippen molar-refractivity contribution in [2.45, 2.75) is 13.5 Å². The van der Waals surface area contributed by atoms with E-state index in [0.29, 0.717) is 18.1 Å². The van der Waals surface area contributed by atoms with Crippen LogP contribution in [0.25, 0.3) is 0 Å². The number of rotatable bonds is 7. The highest BCUT2D eigenvalue weighted by Crippen LogP contribution is 2.15. The van der Waals surface area contributed by atoms with Crippen LogP contribution in [0.3, 0.4) is 0 Å². The lowest BCUT2D eigenvalue weighted by Gasteiger charge is -2.06. The zero-order valence-electron chi connectivity index (χ0n) is 12.9. The van der Waals surface area contributed by atoms with Gasteiger partial charge in [-0.05, 0) is 47.0 Å². The van der Waals surface area contributed by atoms with E-state index in [0.717, 1.165) is 5.56 Å². The van der Waals surface area contributed by atoms with E-state index in [9.17, 15) is 10.1 Å². The van der Waals surface area contributed by atoms with E-state index in [1.165, 1.54) is 10.8 Å². The highest BCUT2D eigenvalue weighted by atomic mass is 32.1. The minimum atomic E-state index is -0.463. The van der Waals surface area contributed by atoms with Crippen LogP contribution in [-0.2, 0) is 6.54 Å². The van der Waals surface area contributed by atoms with Crippen molar-refractivity contribution in [1.29, 1.82) is 0 Å². The van der Waals surface area contributed by atoms with E-state index in [1.54, 1.807) is 25.3 Å². The second-order valence-electron chi connectivity index (χ2n) is 4.72. The van der Waals surface area contributed by atoms with Crippen molar-refractivity contribution in [3.63, 3.8) is 0 Å². The topological polar surface area (TPSA) is 121 Å². The Balaban J connectivity index is 1.89. The molecule has 2 rings (SSSR count). The Bertz CT molecular complexity index is 756. The zero-order chi connectivity index (χ0) is 17.5. The molecular formula is C14H16N6O3S. The van der Waals surface area contributed by atoms with Crippen molar-refractivity contribution in [2.24, 2.45) is 10.8 Å². The van der Waals surface area contributed by atoms with Gasteiger partial charge >= 0.3 is 5.82 Å². The number of hydrazone groups is 1. The molecular weight excluding hydrogens is 332 g/mol. The van der Waals surface area contributed by atoms with Crippen molar-refractivity contribution >= 4 is 29.4 Å². The second-order valence-corrected chi connectivity index (χ2v) is 5.16. The van der Waals surface area contributed by atoms with Gasteiger partial charge in [0.15, 0.2) is 10.9 Å². The van der Waals surface area contributed by atoms with Crippen molar-refractivity contribution in [3.8, 4) is 5.75 Å². The number of nitrogens with zero attached hydrogens (tertiary/aromatic N) is 4. The molecule has 0 aliphatic carbocycles. The van der Waals surface area contributed by atoms with Crippen molar-refractivity contribution in [1.82, 2.24) is 15.0 Å². The molecule has 10 heteroatoms. The van der Waals surface area contributed by atoms with Crippen LogP contribution in [-0.4, -0.2) is 32.4 Å². The number of benzene rings is 1. The molecule has 0 atom stereocenters. The van der Waals surface area contributed by atoms with Crippen LogP contribution in [0.5, 0.6) is 5.75 Å². The molecule has 1 aromatic heterocycles. The summed E-state index contributed by atoms with van der Waals surface area (Å²) in [6.07, 6.45) is 2.81. The van der Waals surface area contributed by atoms with E-state index in [4.69, 9.17) is 10.5 Å². The number of thiocarbonyl (C=S) groups is 1. The molecule has 0 saturated carbocycles. The van der Waals surface area contributed by atoms with Gasteiger partial charge in [-0.2, -0.15) is 5.10 Å². The van der Waals surface area contributed by atoms with Crippen LogP contribution in [0.2, 0.25) is 0 Å². The maximum atomic E-state index is 10.9. The van der Waals surface area contributed by atoms with Gasteiger partial charge in [-0.3, -0.25) is 5.43 Å². The predicted molar refractivity (Wildman–Crippen MR) is 93.1 cm³/mol. The molecule has 0 spiro atoms. The number of nitrogens with one attached hydrogen (secondary N) is 1. The van der Waals surface area contributed by atoms with Crippen LogP contribution in [0, 0.1) is 17.0 Å². The Hall–Kier alpha value is -3.01. The van der Waals surface area contributed by atoms with E-state index < -0.39 is 4.92 Å². The van der Waals surface area contributed by atoms with E-state index in [-0.39, 0.29) is 17.5 Å². The molecule has 0 aliphatic heterocycles. The number of aromatic nitrogens is 2. The maximum Gasteiger partial charge on any atom is 0.342 e. The molecule has 0 radical (unpaired) electrons. The van der Waals surface area contributed by atoms with Crippen molar-refractivity contribution in [3.05, 3.63) is 52.0 Å². The minimum absolute atomic E-state index is 0.0482. The fourth-order valence-corrected chi connectivity index (χ4v) is 2.01. The first-order chi connectivity index (χ1) is 11.5. The lowest BCUT2D eigenvalue weighted by molar-refractivity contribution is -0.392. The summed E-state index contributed by atoms with van der Waals surface area (Å²) in [5, 5.41) is 14.8. The summed E-state index contributed by atoms with van der Waals surface area (Å²) in [5.41, 5.74) is 8.56. The molecule has 1 aromatic carbocycles. The van der Waals surface area contributed by atoms with Crippen LogP contribution >= 0.6 is 12.2 Å². The molecule has 1 heterocycles. The van der Waals surface area contributed by atoms with Crippen molar-refractivity contribution < 1.29 is 9.66 Å². The number of imidazole rings is 1. The quantitative estimate of drug-likeness (QED) is 0.335. The first-order valence-electron chi connectivity index (χ1n) is 6.95. The minimum Gasteiger partial charge on any atom is -0.489 e. The summed E-state index contributed by atoms with van der Waals surface area (Å²) >= 11 is 4.63. The summed E-state index contributed by atoms with van der Waals surface area (Å²) in [6.45, 7) is 2.33. The van der Waals surface area contributed by atoms with E-state index in [1.807, 2.05) is 12.1 Å². The second kappa shape index (κ2) is 8.02. The number of aryl methyl sites for hydroxylation is 1. The largest absolute Gasteiger partial charge is 0.489 e. The molecule has 24 heavy (non-hydrogen) atoms. The Morgan fingerprint density at radius 3 is 2.88 bits per heavy atom. The van der Waals surface area contributed by atoms with Gasteiger partial charge in [0, 0.05) is 6.92 Å². The van der Waals surface area contributed by atoms with Crippen LogP contribution < -0.4 is 15.9 Å². The molecule has 0 amide bonds. The molecule has 126 valence electrons. The normalized spacial score (nSPS) is 10.7. The lowest BCUT2D eigenvalue weighted by Crippen LogP contribution is -2.23. The van der Waals surface area contributed by atoms with Gasteiger partial charge in [0.05, 0.1) is 6.21 Å². The van der Waals surface area contributed by atoms with Gasteiger partial charge in [-0.1, -0.05) is 0 Å². The van der Waals surface area contributed by atoms with E-state index in [2.05, 4.69) is 27.7 Å². The molecule has 0 saturated heterocycles. The molecule has 3 N–H and O–H groups in total. The number of nitrogens with two attached hydrogens (primary N) is 1. The fourth-order valence-electron chi connectivity index (χ4n) is 1.95. The van der Waals surface area contributed by atoms with Gasteiger partial charge in [0.25, 0.3) is 0 Å². The Morgan fingerprint density at radius 2 is 2.25 bits per heavy atom. The molecule has 9 nitrogen and oxygen atoms in total. The fraction of sp³-hybridized carbons (Fsp3) is 0.214. The highest BCUT2D eigenvalue weighted by molar-refractivity contribution is 7.80. The number of nitro groups is 1. The monoisotopic (exact) mass is 348 g/mol. The number of ether oxygens (including phenoxy) is 1. The lowest BCUT2D eigenvalue weighted by atomic mass is 10.2. The maximum absolute atomic E-state index is 10.9. The third-order valence-corrected chi connectivity index (χ3v) is 3.16. The average Bonchev–Trinajstić information content (AvgIpc) is 2.90. The van der Waals surface area contributed by atoms with Gasteiger partial charge in [0.1, 0.15) is 25.1 Å². The predicted octanol–water partition coefficient (Wildman–Crippen LogP) is 1.35. The molecule has 0 unspecified atom stereocenters. The molecule has 0 fully saturated rings. The van der Waals surface area contributed by atoms with Gasteiger partial charge in [-0.25, -0.2) is 9.55 Å². The SMILES string of the molecule is Cc1ncc([N+](=O)[O-])n1CCOc1ccc(/C=N\NC(N)=S)cc1.